The molecule has 4 heteroatoms. The van der Waals surface area contributed by atoms with Crippen LogP contribution in [0.25, 0.3) is 61.5 Å². The number of hydrogen-bond donors (Lipinski definition) is 0. The van der Waals surface area contributed by atoms with Crippen molar-refractivity contribution in [1.82, 2.24) is 19.5 Å². The van der Waals surface area contributed by atoms with Crippen molar-refractivity contribution in [2.75, 3.05) is 0 Å². The van der Waals surface area contributed by atoms with Crippen LogP contribution in [0.1, 0.15) is 11.1 Å². The van der Waals surface area contributed by atoms with Crippen molar-refractivity contribution in [2.24, 2.45) is 0 Å². The lowest BCUT2D eigenvalue weighted by atomic mass is 10.1. The molecule has 0 fully saturated rings. The Labute approximate surface area is 227 Å². The van der Waals surface area contributed by atoms with Crippen LogP contribution in [-0.4, -0.2) is 19.5 Å². The quantitative estimate of drug-likeness (QED) is 0.242. The summed E-state index contributed by atoms with van der Waals surface area (Å²) in [5.74, 6) is 0.678. The molecule has 4 aromatic carbocycles. The van der Waals surface area contributed by atoms with E-state index >= 15 is 0 Å². The van der Waals surface area contributed by atoms with E-state index in [1.165, 1.54) is 32.9 Å². The summed E-state index contributed by atoms with van der Waals surface area (Å²) in [4.78, 5) is 14.4. The van der Waals surface area contributed by atoms with Gasteiger partial charge >= 0.3 is 0 Å². The molecule has 0 saturated carbocycles. The Morgan fingerprint density at radius 2 is 1.15 bits per heavy atom. The van der Waals surface area contributed by atoms with Gasteiger partial charge in [-0.15, -0.1) is 0 Å². The summed E-state index contributed by atoms with van der Waals surface area (Å²) in [6.45, 7) is 4.30. The molecule has 186 valence electrons. The molecule has 3 heterocycles. The van der Waals surface area contributed by atoms with Crippen molar-refractivity contribution in [3.8, 4) is 39.7 Å². The van der Waals surface area contributed by atoms with E-state index in [1.807, 2.05) is 42.5 Å². The first-order chi connectivity index (χ1) is 19.1. The minimum Gasteiger partial charge on any atom is -0.309 e. The summed E-state index contributed by atoms with van der Waals surface area (Å²) in [5.41, 5.74) is 10.5. The maximum atomic E-state index is 4.97. The molecule has 0 N–H and O–H groups in total. The molecule has 0 spiro atoms. The summed E-state index contributed by atoms with van der Waals surface area (Å²) in [7, 11) is 0. The average Bonchev–Trinajstić information content (AvgIpc) is 3.30. The van der Waals surface area contributed by atoms with Crippen LogP contribution in [0.15, 0.2) is 121 Å². The van der Waals surface area contributed by atoms with Crippen LogP contribution in [-0.2, 0) is 0 Å². The number of aromatic nitrogens is 4. The summed E-state index contributed by atoms with van der Waals surface area (Å²) in [6.07, 6.45) is 1.79. The predicted octanol–water partition coefficient (Wildman–Crippen LogP) is 8.59. The van der Waals surface area contributed by atoms with Crippen molar-refractivity contribution in [3.05, 3.63) is 133 Å². The number of fused-ring (bicyclic) bond motifs is 3. The van der Waals surface area contributed by atoms with Crippen LogP contribution in [0, 0.1) is 13.8 Å². The molecule has 0 unspecified atom stereocenters. The third kappa shape index (κ3) is 4.16. The summed E-state index contributed by atoms with van der Waals surface area (Å²) < 4.78 is 2.34. The number of benzene rings is 4. The molecule has 39 heavy (non-hydrogen) atoms. The van der Waals surface area contributed by atoms with Crippen LogP contribution < -0.4 is 0 Å². The first kappa shape index (κ1) is 23.1. The lowest BCUT2D eigenvalue weighted by Gasteiger charge is -2.11. The van der Waals surface area contributed by atoms with Gasteiger partial charge in [-0.25, -0.2) is 9.97 Å². The Hall–Kier alpha value is -5.09. The lowest BCUT2D eigenvalue weighted by molar-refractivity contribution is 1.15. The summed E-state index contributed by atoms with van der Waals surface area (Å²) in [6, 6.07) is 40.0. The Bertz CT molecular complexity index is 1840. The largest absolute Gasteiger partial charge is 0.309 e. The van der Waals surface area contributed by atoms with Gasteiger partial charge in [-0.3, -0.25) is 4.98 Å². The number of aryl methyl sites for hydroxylation is 2. The molecule has 3 aromatic heterocycles. The van der Waals surface area contributed by atoms with Gasteiger partial charge in [0, 0.05) is 33.8 Å². The van der Waals surface area contributed by atoms with Gasteiger partial charge in [0.05, 0.1) is 28.1 Å². The SMILES string of the molecule is Cc1ccc2c(c1)c1cc(C)ccc1n2-c1ccc(-c2nc(-c3ccccc3)cc(-c3ccccn3)n2)cc1. The molecule has 7 rings (SSSR count). The summed E-state index contributed by atoms with van der Waals surface area (Å²) in [5, 5.41) is 2.55. The predicted molar refractivity (Wildman–Crippen MR) is 160 cm³/mol. The minimum atomic E-state index is 0.678. The van der Waals surface area contributed by atoms with Crippen LogP contribution in [0.4, 0.5) is 0 Å². The van der Waals surface area contributed by atoms with E-state index in [1.54, 1.807) is 6.20 Å². The Balaban J connectivity index is 1.37. The molecule has 7 aromatic rings. The van der Waals surface area contributed by atoms with Crippen LogP contribution in [0.2, 0.25) is 0 Å². The first-order valence-electron chi connectivity index (χ1n) is 13.1. The fraction of sp³-hybridized carbons (Fsp3) is 0.0571. The van der Waals surface area contributed by atoms with Crippen molar-refractivity contribution in [3.63, 3.8) is 0 Å². The molecule has 0 aliphatic carbocycles. The fourth-order valence-corrected chi connectivity index (χ4v) is 5.27. The number of hydrogen-bond acceptors (Lipinski definition) is 3. The minimum absolute atomic E-state index is 0.678. The second-order valence-electron chi connectivity index (χ2n) is 9.97. The van der Waals surface area contributed by atoms with Gasteiger partial charge in [-0.05, 0) is 80.6 Å². The van der Waals surface area contributed by atoms with Crippen LogP contribution in [0.5, 0.6) is 0 Å². The van der Waals surface area contributed by atoms with Gasteiger partial charge in [0.25, 0.3) is 0 Å². The molecule has 0 bridgehead atoms. The van der Waals surface area contributed by atoms with Gasteiger partial charge in [0.1, 0.15) is 0 Å². The topological polar surface area (TPSA) is 43.6 Å². The Kier molecular flexibility index (Phi) is 5.52. The van der Waals surface area contributed by atoms with E-state index in [-0.39, 0.29) is 0 Å². The molecule has 0 atom stereocenters. The molecular weight excluding hydrogens is 476 g/mol. The highest BCUT2D eigenvalue weighted by atomic mass is 15.0. The van der Waals surface area contributed by atoms with Gasteiger partial charge in [-0.2, -0.15) is 0 Å². The third-order valence-electron chi connectivity index (χ3n) is 7.18. The molecular formula is C35H26N4. The van der Waals surface area contributed by atoms with Crippen molar-refractivity contribution in [2.45, 2.75) is 13.8 Å². The average molecular weight is 503 g/mol. The monoisotopic (exact) mass is 502 g/mol. The smallest absolute Gasteiger partial charge is 0.160 e. The van der Waals surface area contributed by atoms with E-state index < -0.39 is 0 Å². The van der Waals surface area contributed by atoms with E-state index in [0.29, 0.717) is 5.82 Å². The number of nitrogens with zero attached hydrogens (tertiary/aromatic N) is 4. The maximum absolute atomic E-state index is 4.97. The standard InChI is InChI=1S/C35H26N4/c1-23-11-17-33-28(20-23)29-21-24(2)12-18-34(29)39(33)27-15-13-26(14-16-27)35-37-31(25-8-4-3-5-9-25)22-32(38-35)30-10-6-7-19-36-30/h3-22H,1-2H3. The Morgan fingerprint density at radius 3 is 1.79 bits per heavy atom. The molecule has 0 amide bonds. The Morgan fingerprint density at radius 1 is 0.513 bits per heavy atom. The zero-order valence-corrected chi connectivity index (χ0v) is 21.8. The molecule has 4 nitrogen and oxygen atoms in total. The van der Waals surface area contributed by atoms with E-state index in [2.05, 4.69) is 96.2 Å². The molecule has 0 aliphatic rings. The second kappa shape index (κ2) is 9.34. The first-order valence-corrected chi connectivity index (χ1v) is 13.1. The van der Waals surface area contributed by atoms with Crippen LogP contribution >= 0.6 is 0 Å². The molecule has 0 aliphatic heterocycles. The fourth-order valence-electron chi connectivity index (χ4n) is 5.27. The van der Waals surface area contributed by atoms with Crippen molar-refractivity contribution >= 4 is 21.8 Å². The molecule has 0 radical (unpaired) electrons. The van der Waals surface area contributed by atoms with E-state index in [0.717, 1.165) is 33.9 Å². The second-order valence-corrected chi connectivity index (χ2v) is 9.97. The van der Waals surface area contributed by atoms with Crippen molar-refractivity contribution in [1.29, 1.82) is 0 Å². The zero-order valence-electron chi connectivity index (χ0n) is 21.8. The van der Waals surface area contributed by atoms with E-state index in [4.69, 9.17) is 9.97 Å². The normalized spacial score (nSPS) is 11.3. The van der Waals surface area contributed by atoms with Crippen LogP contribution in [0.3, 0.4) is 0 Å². The number of rotatable bonds is 4. The van der Waals surface area contributed by atoms with Gasteiger partial charge in [0.15, 0.2) is 5.82 Å². The van der Waals surface area contributed by atoms with E-state index in [9.17, 15) is 0 Å². The molecule has 0 saturated heterocycles. The highest BCUT2D eigenvalue weighted by molar-refractivity contribution is 6.09. The van der Waals surface area contributed by atoms with Crippen molar-refractivity contribution < 1.29 is 0 Å². The summed E-state index contributed by atoms with van der Waals surface area (Å²) >= 11 is 0. The lowest BCUT2D eigenvalue weighted by Crippen LogP contribution is -1.98. The maximum Gasteiger partial charge on any atom is 0.160 e. The van der Waals surface area contributed by atoms with Gasteiger partial charge in [0.2, 0.25) is 0 Å². The third-order valence-corrected chi connectivity index (χ3v) is 7.18. The van der Waals surface area contributed by atoms with Gasteiger partial charge in [-0.1, -0.05) is 59.7 Å². The zero-order chi connectivity index (χ0) is 26.3. The number of pyridine rings is 1. The highest BCUT2D eigenvalue weighted by Gasteiger charge is 2.14. The highest BCUT2D eigenvalue weighted by Crippen LogP contribution is 2.34. The van der Waals surface area contributed by atoms with Gasteiger partial charge < -0.3 is 4.57 Å².